The minimum Gasteiger partial charge on any atom is -0.486 e. The fourth-order valence-electron chi connectivity index (χ4n) is 4.41. The van der Waals surface area contributed by atoms with E-state index in [-0.39, 0.29) is 11.9 Å². The van der Waals surface area contributed by atoms with Gasteiger partial charge in [0.1, 0.15) is 13.2 Å². The summed E-state index contributed by atoms with van der Waals surface area (Å²) in [5.74, 6) is 2.70. The van der Waals surface area contributed by atoms with Crippen LogP contribution in [0.5, 0.6) is 11.5 Å². The number of halogens is 1. The van der Waals surface area contributed by atoms with E-state index in [1.54, 1.807) is 0 Å². The molecule has 1 fully saturated rings. The molecule has 1 unspecified atom stereocenters. The van der Waals surface area contributed by atoms with Crippen LogP contribution in [-0.2, 0) is 11.3 Å². The summed E-state index contributed by atoms with van der Waals surface area (Å²) in [4.78, 5) is 15.2. The first-order valence-corrected chi connectivity index (χ1v) is 12.5. The molecule has 33 heavy (non-hydrogen) atoms. The molecule has 0 saturated carbocycles. The average molecular weight is 485 g/mol. The summed E-state index contributed by atoms with van der Waals surface area (Å²) in [7, 11) is 0. The molecule has 3 aromatic rings. The van der Waals surface area contributed by atoms with Gasteiger partial charge in [-0.1, -0.05) is 41.6 Å². The van der Waals surface area contributed by atoms with Gasteiger partial charge in [0, 0.05) is 23.7 Å². The largest absolute Gasteiger partial charge is 0.486 e. The summed E-state index contributed by atoms with van der Waals surface area (Å²) in [6.07, 6.45) is 1.93. The van der Waals surface area contributed by atoms with Crippen molar-refractivity contribution in [3.05, 3.63) is 53.1 Å². The van der Waals surface area contributed by atoms with E-state index in [2.05, 4.69) is 10.2 Å². The van der Waals surface area contributed by atoms with Crippen LogP contribution in [-0.4, -0.2) is 51.1 Å². The van der Waals surface area contributed by atoms with Crippen molar-refractivity contribution < 1.29 is 14.3 Å². The summed E-state index contributed by atoms with van der Waals surface area (Å²) < 4.78 is 13.4. The molecule has 1 amide bonds. The van der Waals surface area contributed by atoms with Crippen molar-refractivity contribution >= 4 is 29.3 Å². The predicted octanol–water partition coefficient (Wildman–Crippen LogP) is 4.85. The van der Waals surface area contributed by atoms with E-state index in [1.165, 1.54) is 11.8 Å². The van der Waals surface area contributed by atoms with E-state index in [0.717, 1.165) is 53.0 Å². The number of likely N-dealkylation sites (tertiary alicyclic amines) is 1. The van der Waals surface area contributed by atoms with E-state index in [9.17, 15) is 4.79 Å². The molecule has 2 aromatic carbocycles. The first-order valence-electron chi connectivity index (χ1n) is 11.1. The molecule has 3 heterocycles. The Hall–Kier alpha value is -2.71. The average Bonchev–Trinajstić information content (AvgIpc) is 3.49. The van der Waals surface area contributed by atoms with Gasteiger partial charge in [-0.3, -0.25) is 4.79 Å². The molecule has 0 bridgehead atoms. The molecule has 5 rings (SSSR count). The number of thioether (sulfide) groups is 1. The maximum Gasteiger partial charge on any atom is 0.233 e. The molecule has 0 N–H and O–H groups in total. The first kappa shape index (κ1) is 22.1. The highest BCUT2D eigenvalue weighted by Gasteiger charge is 2.31. The minimum atomic E-state index is 0.0555. The van der Waals surface area contributed by atoms with Crippen LogP contribution in [0.15, 0.2) is 47.6 Å². The Morgan fingerprint density at radius 1 is 1.15 bits per heavy atom. The summed E-state index contributed by atoms with van der Waals surface area (Å²) in [5, 5.41) is 10.1. The van der Waals surface area contributed by atoms with E-state index in [1.807, 2.05) is 58.9 Å². The molecule has 7 nitrogen and oxygen atoms in total. The highest BCUT2D eigenvalue weighted by atomic mass is 35.5. The van der Waals surface area contributed by atoms with Crippen LogP contribution < -0.4 is 9.47 Å². The molecule has 1 aromatic heterocycles. The van der Waals surface area contributed by atoms with Crippen molar-refractivity contribution in [3.63, 3.8) is 0 Å². The fourth-order valence-corrected chi connectivity index (χ4v) is 5.49. The van der Waals surface area contributed by atoms with Gasteiger partial charge < -0.3 is 18.9 Å². The summed E-state index contributed by atoms with van der Waals surface area (Å²) in [6.45, 7) is 4.62. The first-order chi connectivity index (χ1) is 16.1. The summed E-state index contributed by atoms with van der Waals surface area (Å²) in [6, 6.07) is 13.6. The number of benzene rings is 2. The van der Waals surface area contributed by atoms with Crippen molar-refractivity contribution in [2.75, 3.05) is 25.5 Å². The number of hydrogen-bond acceptors (Lipinski definition) is 6. The number of aromatic nitrogens is 3. The molecule has 0 aliphatic carbocycles. The molecule has 2 aliphatic rings. The van der Waals surface area contributed by atoms with Gasteiger partial charge in [0.25, 0.3) is 0 Å². The van der Waals surface area contributed by atoms with Gasteiger partial charge in [-0.2, -0.15) is 0 Å². The van der Waals surface area contributed by atoms with Gasteiger partial charge in [0.2, 0.25) is 5.91 Å². The second-order valence-electron chi connectivity index (χ2n) is 8.00. The molecular weight excluding hydrogens is 460 g/mol. The Bertz CT molecular complexity index is 1170. The van der Waals surface area contributed by atoms with Crippen molar-refractivity contribution in [1.29, 1.82) is 0 Å². The van der Waals surface area contributed by atoms with Crippen LogP contribution in [0.2, 0.25) is 5.02 Å². The molecule has 9 heteroatoms. The summed E-state index contributed by atoms with van der Waals surface area (Å²) in [5.41, 5.74) is 2.00. The molecule has 0 spiro atoms. The highest BCUT2D eigenvalue weighted by molar-refractivity contribution is 7.99. The molecule has 2 aliphatic heterocycles. The van der Waals surface area contributed by atoms with Gasteiger partial charge >= 0.3 is 0 Å². The predicted molar refractivity (Wildman–Crippen MR) is 128 cm³/mol. The lowest BCUT2D eigenvalue weighted by atomic mass is 10.0. The maximum atomic E-state index is 13.2. The van der Waals surface area contributed by atoms with E-state index in [0.29, 0.717) is 30.5 Å². The third-order valence-electron chi connectivity index (χ3n) is 5.96. The Morgan fingerprint density at radius 3 is 2.82 bits per heavy atom. The quantitative estimate of drug-likeness (QED) is 0.466. The number of carbonyl (C=O) groups is 1. The van der Waals surface area contributed by atoms with Crippen molar-refractivity contribution in [1.82, 2.24) is 19.7 Å². The van der Waals surface area contributed by atoms with Crippen molar-refractivity contribution in [2.24, 2.45) is 0 Å². The number of fused-ring (bicyclic) bond motifs is 1. The number of amides is 1. The van der Waals surface area contributed by atoms with Crippen LogP contribution in [0.4, 0.5) is 0 Å². The van der Waals surface area contributed by atoms with Crippen molar-refractivity contribution in [3.8, 4) is 22.9 Å². The van der Waals surface area contributed by atoms with Crippen LogP contribution in [0.3, 0.4) is 0 Å². The monoisotopic (exact) mass is 484 g/mol. The van der Waals surface area contributed by atoms with Crippen LogP contribution in [0.25, 0.3) is 11.4 Å². The maximum absolute atomic E-state index is 13.2. The Labute approximate surface area is 202 Å². The molecule has 1 saturated heterocycles. The van der Waals surface area contributed by atoms with E-state index < -0.39 is 0 Å². The zero-order chi connectivity index (χ0) is 22.8. The second kappa shape index (κ2) is 9.65. The number of rotatable bonds is 6. The molecule has 1 atom stereocenters. The third kappa shape index (κ3) is 4.54. The second-order valence-corrected chi connectivity index (χ2v) is 9.38. The van der Waals surface area contributed by atoms with Crippen LogP contribution in [0.1, 0.15) is 31.4 Å². The topological polar surface area (TPSA) is 69.5 Å². The van der Waals surface area contributed by atoms with Gasteiger partial charge in [-0.05, 0) is 49.6 Å². The Morgan fingerprint density at radius 2 is 2.00 bits per heavy atom. The zero-order valence-electron chi connectivity index (χ0n) is 18.4. The van der Waals surface area contributed by atoms with Crippen LogP contribution >= 0.6 is 23.4 Å². The lowest BCUT2D eigenvalue weighted by Crippen LogP contribution is -2.32. The number of ether oxygens (including phenoxy) is 2. The number of hydrogen-bond donors (Lipinski definition) is 0. The number of nitrogens with zero attached hydrogens (tertiary/aromatic N) is 4. The lowest BCUT2D eigenvalue weighted by molar-refractivity contribution is -0.129. The number of carbonyl (C=O) groups excluding carboxylic acids is 1. The van der Waals surface area contributed by atoms with E-state index in [4.69, 9.17) is 21.1 Å². The minimum absolute atomic E-state index is 0.0555. The highest BCUT2D eigenvalue weighted by Crippen LogP contribution is 2.38. The smallest absolute Gasteiger partial charge is 0.233 e. The third-order valence-corrected chi connectivity index (χ3v) is 7.15. The summed E-state index contributed by atoms with van der Waals surface area (Å²) >= 11 is 7.58. The van der Waals surface area contributed by atoms with Gasteiger partial charge in [-0.25, -0.2) is 0 Å². The van der Waals surface area contributed by atoms with E-state index >= 15 is 0 Å². The standard InChI is InChI=1S/C24H25ClN4O3S/c1-2-28-23(17-5-3-6-18(25)13-17)26-27-24(28)33-15-22(30)29-10-4-7-19(29)16-8-9-20-21(14-16)32-12-11-31-20/h3,5-6,8-9,13-14,19H,2,4,7,10-12,15H2,1H3. The SMILES string of the molecule is CCn1c(SCC(=O)N2CCCC2c2ccc3c(c2)OCCO3)nnc1-c1cccc(Cl)c1. The molecule has 172 valence electrons. The normalized spacial score (nSPS) is 17.4. The molecule has 0 radical (unpaired) electrons. The Balaban J connectivity index is 1.29. The van der Waals surface area contributed by atoms with Gasteiger partial charge in [0.05, 0.1) is 11.8 Å². The Kier molecular flexibility index (Phi) is 6.46. The lowest BCUT2D eigenvalue weighted by Gasteiger charge is -2.26. The van der Waals surface area contributed by atoms with Crippen LogP contribution in [0, 0.1) is 0 Å². The van der Waals surface area contributed by atoms with Crippen molar-refractivity contribution in [2.45, 2.75) is 37.5 Å². The van der Waals surface area contributed by atoms with Gasteiger partial charge in [0.15, 0.2) is 22.5 Å². The fraction of sp³-hybridized carbons (Fsp3) is 0.375. The molecular formula is C24H25ClN4O3S. The zero-order valence-corrected chi connectivity index (χ0v) is 19.9. The van der Waals surface area contributed by atoms with Gasteiger partial charge in [-0.15, -0.1) is 10.2 Å².